The first-order chi connectivity index (χ1) is 14.0. The Morgan fingerprint density at radius 2 is 2.07 bits per heavy atom. The summed E-state index contributed by atoms with van der Waals surface area (Å²) in [7, 11) is 0. The molecule has 0 saturated carbocycles. The van der Waals surface area contributed by atoms with Gasteiger partial charge in [-0.15, -0.1) is 0 Å². The van der Waals surface area contributed by atoms with Crippen molar-refractivity contribution in [2.75, 3.05) is 39.4 Å². The molecule has 7 heteroatoms. The average Bonchev–Trinajstić information content (AvgIpc) is 3.07. The highest BCUT2D eigenvalue weighted by Crippen LogP contribution is 2.37. The molecule has 2 amide bonds. The number of hydrogen-bond acceptors (Lipinski definition) is 5. The third kappa shape index (κ3) is 4.46. The van der Waals surface area contributed by atoms with Crippen molar-refractivity contribution in [2.24, 2.45) is 11.8 Å². The molecule has 3 saturated heterocycles. The Balaban J connectivity index is 1.50. The largest absolute Gasteiger partial charge is 0.378 e. The number of piperazine rings is 1. The van der Waals surface area contributed by atoms with E-state index in [4.69, 9.17) is 4.74 Å². The summed E-state index contributed by atoms with van der Waals surface area (Å²) < 4.78 is 5.42. The molecule has 0 bridgehead atoms. The van der Waals surface area contributed by atoms with Crippen molar-refractivity contribution >= 4 is 11.8 Å². The first kappa shape index (κ1) is 20.3. The van der Waals surface area contributed by atoms with Crippen LogP contribution in [0.3, 0.4) is 0 Å². The van der Waals surface area contributed by atoms with Gasteiger partial charge in [-0.3, -0.25) is 19.5 Å². The fourth-order valence-corrected chi connectivity index (χ4v) is 5.10. The number of fused-ring (bicyclic) bond motifs is 1. The number of carbonyl (C=O) groups is 2. The Bertz CT molecular complexity index is 720. The van der Waals surface area contributed by atoms with Gasteiger partial charge >= 0.3 is 0 Å². The fraction of sp³-hybridized carbons (Fsp3) is 0.682. The summed E-state index contributed by atoms with van der Waals surface area (Å²) in [6, 6.07) is 6.00. The fourth-order valence-electron chi connectivity index (χ4n) is 5.10. The van der Waals surface area contributed by atoms with Crippen LogP contribution in [0.15, 0.2) is 24.4 Å². The molecular weight excluding hydrogens is 368 g/mol. The molecule has 4 heterocycles. The van der Waals surface area contributed by atoms with Crippen LogP contribution < -0.4 is 0 Å². The zero-order valence-electron chi connectivity index (χ0n) is 17.5. The highest BCUT2D eigenvalue weighted by Gasteiger charge is 2.50. The standard InChI is InChI=1S/C22H32N4O3/c1-16(2)11-20-19(22(28)25-7-9-29-10-8-25)12-18-14-24(15-21(27)26(18)20)13-17-5-3-4-6-23-17/h3-6,16,18-20H,7-15H2,1-2H3/t18-,19-,20-/m1/s1. The van der Waals surface area contributed by atoms with Gasteiger partial charge in [0.05, 0.1) is 31.4 Å². The normalized spacial score (nSPS) is 28.1. The average molecular weight is 401 g/mol. The van der Waals surface area contributed by atoms with Gasteiger partial charge in [0.25, 0.3) is 0 Å². The third-order valence-corrected chi connectivity index (χ3v) is 6.32. The molecule has 0 radical (unpaired) electrons. The number of pyridine rings is 1. The molecule has 4 rings (SSSR count). The van der Waals surface area contributed by atoms with Crippen LogP contribution in [-0.2, 0) is 20.9 Å². The van der Waals surface area contributed by atoms with E-state index in [1.807, 2.05) is 23.1 Å². The monoisotopic (exact) mass is 400 g/mol. The zero-order valence-corrected chi connectivity index (χ0v) is 17.5. The molecule has 1 aromatic rings. The van der Waals surface area contributed by atoms with E-state index < -0.39 is 0 Å². The molecule has 0 unspecified atom stereocenters. The van der Waals surface area contributed by atoms with Gasteiger partial charge in [-0.2, -0.15) is 0 Å². The van der Waals surface area contributed by atoms with Crippen LogP contribution in [0.5, 0.6) is 0 Å². The summed E-state index contributed by atoms with van der Waals surface area (Å²) in [6.07, 6.45) is 3.43. The van der Waals surface area contributed by atoms with Gasteiger partial charge in [-0.05, 0) is 30.9 Å². The number of ether oxygens (including phenoxy) is 1. The van der Waals surface area contributed by atoms with Crippen LogP contribution in [-0.4, -0.2) is 83.0 Å². The number of aromatic nitrogens is 1. The predicted molar refractivity (Wildman–Crippen MR) is 109 cm³/mol. The van der Waals surface area contributed by atoms with Crippen LogP contribution >= 0.6 is 0 Å². The van der Waals surface area contributed by atoms with Crippen molar-refractivity contribution in [1.29, 1.82) is 0 Å². The minimum Gasteiger partial charge on any atom is -0.378 e. The van der Waals surface area contributed by atoms with Gasteiger partial charge in [0.15, 0.2) is 0 Å². The topological polar surface area (TPSA) is 66.0 Å². The third-order valence-electron chi connectivity index (χ3n) is 6.32. The van der Waals surface area contributed by atoms with E-state index in [9.17, 15) is 9.59 Å². The quantitative estimate of drug-likeness (QED) is 0.747. The van der Waals surface area contributed by atoms with Gasteiger partial charge in [-0.25, -0.2) is 0 Å². The number of carbonyl (C=O) groups excluding carboxylic acids is 2. The Kier molecular flexibility index (Phi) is 6.15. The van der Waals surface area contributed by atoms with Crippen molar-refractivity contribution in [3.05, 3.63) is 30.1 Å². The maximum absolute atomic E-state index is 13.3. The first-order valence-electron chi connectivity index (χ1n) is 10.8. The second-order valence-corrected chi connectivity index (χ2v) is 8.92. The van der Waals surface area contributed by atoms with Crippen LogP contribution in [0.25, 0.3) is 0 Å². The smallest absolute Gasteiger partial charge is 0.237 e. The van der Waals surface area contributed by atoms with Crippen molar-refractivity contribution < 1.29 is 14.3 Å². The Labute approximate surface area is 173 Å². The van der Waals surface area contributed by atoms with Crippen molar-refractivity contribution in [3.63, 3.8) is 0 Å². The molecule has 0 N–H and O–H groups in total. The Morgan fingerprint density at radius 1 is 1.28 bits per heavy atom. The number of amides is 2. The van der Waals surface area contributed by atoms with Gasteiger partial charge in [-0.1, -0.05) is 19.9 Å². The van der Waals surface area contributed by atoms with Crippen LogP contribution in [0.4, 0.5) is 0 Å². The van der Waals surface area contributed by atoms with Crippen molar-refractivity contribution in [2.45, 2.75) is 45.3 Å². The molecule has 0 spiro atoms. The molecule has 3 fully saturated rings. The highest BCUT2D eigenvalue weighted by molar-refractivity contribution is 5.85. The first-order valence-corrected chi connectivity index (χ1v) is 10.8. The molecule has 3 aliphatic heterocycles. The van der Waals surface area contributed by atoms with Crippen LogP contribution in [0, 0.1) is 11.8 Å². The molecule has 0 aromatic carbocycles. The van der Waals surface area contributed by atoms with Crippen LogP contribution in [0.2, 0.25) is 0 Å². The minimum absolute atomic E-state index is 0.0137. The summed E-state index contributed by atoms with van der Waals surface area (Å²) in [5.74, 6) is 0.704. The lowest BCUT2D eigenvalue weighted by molar-refractivity contribution is -0.144. The van der Waals surface area contributed by atoms with Gasteiger partial charge < -0.3 is 14.5 Å². The Hall–Kier alpha value is -1.99. The van der Waals surface area contributed by atoms with E-state index in [0.717, 1.165) is 25.1 Å². The van der Waals surface area contributed by atoms with E-state index in [1.54, 1.807) is 6.20 Å². The lowest BCUT2D eigenvalue weighted by Gasteiger charge is -2.40. The van der Waals surface area contributed by atoms with Crippen LogP contribution in [0.1, 0.15) is 32.4 Å². The highest BCUT2D eigenvalue weighted by atomic mass is 16.5. The lowest BCUT2D eigenvalue weighted by atomic mass is 9.90. The molecule has 0 aliphatic carbocycles. The molecule has 3 aliphatic rings. The van der Waals surface area contributed by atoms with Crippen molar-refractivity contribution in [3.8, 4) is 0 Å². The SMILES string of the molecule is CC(C)C[C@@H]1[C@H](C(=O)N2CCOCC2)C[C@@H]2CN(Cc3ccccn3)CC(=O)N21. The van der Waals surface area contributed by atoms with E-state index in [-0.39, 0.29) is 29.8 Å². The Morgan fingerprint density at radius 3 is 2.76 bits per heavy atom. The van der Waals surface area contributed by atoms with Gasteiger partial charge in [0.2, 0.25) is 11.8 Å². The molecule has 7 nitrogen and oxygen atoms in total. The van der Waals surface area contributed by atoms with E-state index in [2.05, 4.69) is 28.6 Å². The summed E-state index contributed by atoms with van der Waals surface area (Å²) >= 11 is 0. The van der Waals surface area contributed by atoms with Crippen molar-refractivity contribution in [1.82, 2.24) is 19.7 Å². The number of rotatable bonds is 5. The van der Waals surface area contributed by atoms with E-state index in [0.29, 0.717) is 45.3 Å². The van der Waals surface area contributed by atoms with Gasteiger partial charge in [0.1, 0.15) is 0 Å². The summed E-state index contributed by atoms with van der Waals surface area (Å²) in [5, 5.41) is 0. The second-order valence-electron chi connectivity index (χ2n) is 8.92. The maximum atomic E-state index is 13.3. The number of hydrogen-bond donors (Lipinski definition) is 0. The summed E-state index contributed by atoms with van der Waals surface area (Å²) in [6.45, 7) is 8.77. The molecule has 3 atom stereocenters. The lowest BCUT2D eigenvalue weighted by Crippen LogP contribution is -2.56. The van der Waals surface area contributed by atoms with E-state index >= 15 is 0 Å². The molecule has 1 aromatic heterocycles. The summed E-state index contributed by atoms with van der Waals surface area (Å²) in [4.78, 5) is 37.0. The number of nitrogens with zero attached hydrogens (tertiary/aromatic N) is 4. The van der Waals surface area contributed by atoms with Gasteiger partial charge in [0, 0.05) is 44.5 Å². The molecule has 29 heavy (non-hydrogen) atoms. The maximum Gasteiger partial charge on any atom is 0.237 e. The predicted octanol–water partition coefficient (Wildman–Crippen LogP) is 1.39. The zero-order chi connectivity index (χ0) is 20.4. The van der Waals surface area contributed by atoms with E-state index in [1.165, 1.54) is 0 Å². The minimum atomic E-state index is -0.0979. The second kappa shape index (κ2) is 8.79. The summed E-state index contributed by atoms with van der Waals surface area (Å²) in [5.41, 5.74) is 0.978. The molecule has 158 valence electrons. The molecular formula is C22H32N4O3. The number of morpholine rings is 1.